The maximum Gasteiger partial charge on any atom is 0.0645 e. The zero-order valence-electron chi connectivity index (χ0n) is 12.2. The summed E-state index contributed by atoms with van der Waals surface area (Å²) in [7, 11) is 0. The van der Waals surface area contributed by atoms with E-state index in [9.17, 15) is 5.11 Å². The van der Waals surface area contributed by atoms with E-state index in [4.69, 9.17) is 0 Å². The third-order valence-corrected chi connectivity index (χ3v) is 5.02. The van der Waals surface area contributed by atoms with Gasteiger partial charge in [0.15, 0.2) is 0 Å². The van der Waals surface area contributed by atoms with Crippen LogP contribution in [-0.4, -0.2) is 10.7 Å². The molecule has 0 aromatic heterocycles. The average Bonchev–Trinajstić information content (AvgIpc) is 2.37. The Morgan fingerprint density at radius 1 is 0.824 bits per heavy atom. The van der Waals surface area contributed by atoms with Crippen LogP contribution in [0.4, 0.5) is 0 Å². The third-order valence-electron chi connectivity index (χ3n) is 5.02. The second kappa shape index (κ2) is 6.78. The summed E-state index contributed by atoms with van der Waals surface area (Å²) in [5.74, 6) is 0. The van der Waals surface area contributed by atoms with Crippen molar-refractivity contribution in [2.45, 2.75) is 97.0 Å². The molecular weight excluding hydrogens is 208 g/mol. The maximum absolute atomic E-state index is 10.4. The molecule has 0 aromatic carbocycles. The standard InChI is InChI=1S/C16H32O/c1-4-7-9-15(10-8-5-2)11-13-16(17,6-3)14-12-15/h17H,4-14H2,1-3H3. The van der Waals surface area contributed by atoms with Crippen LogP contribution in [0.5, 0.6) is 0 Å². The van der Waals surface area contributed by atoms with Gasteiger partial charge in [0.25, 0.3) is 0 Å². The first kappa shape index (κ1) is 15.0. The predicted octanol–water partition coefficient (Wildman–Crippen LogP) is 5.07. The van der Waals surface area contributed by atoms with Crippen LogP contribution in [0.15, 0.2) is 0 Å². The third kappa shape index (κ3) is 4.28. The van der Waals surface area contributed by atoms with E-state index in [2.05, 4.69) is 20.8 Å². The van der Waals surface area contributed by atoms with E-state index in [0.717, 1.165) is 19.3 Å². The molecule has 1 rings (SSSR count). The van der Waals surface area contributed by atoms with Crippen LogP contribution in [0.3, 0.4) is 0 Å². The Labute approximate surface area is 108 Å². The van der Waals surface area contributed by atoms with Crippen molar-refractivity contribution in [3.63, 3.8) is 0 Å². The van der Waals surface area contributed by atoms with Gasteiger partial charge in [-0.25, -0.2) is 0 Å². The molecule has 1 heteroatoms. The Morgan fingerprint density at radius 3 is 1.65 bits per heavy atom. The number of hydrogen-bond acceptors (Lipinski definition) is 1. The van der Waals surface area contributed by atoms with Crippen molar-refractivity contribution < 1.29 is 5.11 Å². The van der Waals surface area contributed by atoms with Crippen molar-refractivity contribution in [3.05, 3.63) is 0 Å². The van der Waals surface area contributed by atoms with Crippen LogP contribution in [0.2, 0.25) is 0 Å². The van der Waals surface area contributed by atoms with Gasteiger partial charge in [-0.2, -0.15) is 0 Å². The minimum absolute atomic E-state index is 0.331. The number of rotatable bonds is 7. The molecule has 0 aromatic rings. The summed E-state index contributed by atoms with van der Waals surface area (Å²) in [4.78, 5) is 0. The lowest BCUT2D eigenvalue weighted by Gasteiger charge is -2.44. The predicted molar refractivity (Wildman–Crippen MR) is 75.2 cm³/mol. The Bertz CT molecular complexity index is 192. The highest BCUT2D eigenvalue weighted by molar-refractivity contribution is 4.92. The van der Waals surface area contributed by atoms with Crippen molar-refractivity contribution in [2.24, 2.45) is 5.41 Å². The monoisotopic (exact) mass is 240 g/mol. The molecular formula is C16H32O. The molecule has 0 unspecified atom stereocenters. The fourth-order valence-corrected chi connectivity index (χ4v) is 3.33. The van der Waals surface area contributed by atoms with Gasteiger partial charge in [-0.15, -0.1) is 0 Å². The lowest BCUT2D eigenvalue weighted by molar-refractivity contribution is -0.0424. The van der Waals surface area contributed by atoms with E-state index in [0.29, 0.717) is 5.41 Å². The molecule has 1 aliphatic carbocycles. The van der Waals surface area contributed by atoms with Crippen LogP contribution in [-0.2, 0) is 0 Å². The first-order chi connectivity index (χ1) is 8.10. The molecule has 17 heavy (non-hydrogen) atoms. The molecule has 0 atom stereocenters. The first-order valence-electron chi connectivity index (χ1n) is 7.82. The summed E-state index contributed by atoms with van der Waals surface area (Å²) in [6.07, 6.45) is 13.7. The van der Waals surface area contributed by atoms with Gasteiger partial charge in [-0.05, 0) is 50.4 Å². The van der Waals surface area contributed by atoms with Crippen LogP contribution >= 0.6 is 0 Å². The second-order valence-electron chi connectivity index (χ2n) is 6.29. The molecule has 102 valence electrons. The van der Waals surface area contributed by atoms with Crippen LogP contribution in [0.1, 0.15) is 91.4 Å². The van der Waals surface area contributed by atoms with Crippen molar-refractivity contribution >= 4 is 0 Å². The fourth-order valence-electron chi connectivity index (χ4n) is 3.33. The maximum atomic E-state index is 10.4. The molecule has 0 bridgehead atoms. The van der Waals surface area contributed by atoms with Gasteiger partial charge in [-0.3, -0.25) is 0 Å². The van der Waals surface area contributed by atoms with E-state index >= 15 is 0 Å². The topological polar surface area (TPSA) is 20.2 Å². The van der Waals surface area contributed by atoms with Gasteiger partial charge >= 0.3 is 0 Å². The normalized spacial score (nSPS) is 22.6. The van der Waals surface area contributed by atoms with Gasteiger partial charge in [0.2, 0.25) is 0 Å². The Hall–Kier alpha value is -0.0400. The zero-order chi connectivity index (χ0) is 12.8. The van der Waals surface area contributed by atoms with Crippen LogP contribution in [0, 0.1) is 5.41 Å². The minimum atomic E-state index is -0.331. The second-order valence-corrected chi connectivity index (χ2v) is 6.29. The van der Waals surface area contributed by atoms with Gasteiger partial charge < -0.3 is 5.11 Å². The highest BCUT2D eigenvalue weighted by Gasteiger charge is 2.39. The molecule has 0 aliphatic heterocycles. The van der Waals surface area contributed by atoms with Gasteiger partial charge in [0.05, 0.1) is 5.60 Å². The van der Waals surface area contributed by atoms with Crippen molar-refractivity contribution in [1.82, 2.24) is 0 Å². The summed E-state index contributed by atoms with van der Waals surface area (Å²) in [5, 5.41) is 10.4. The summed E-state index contributed by atoms with van der Waals surface area (Å²) in [6.45, 7) is 6.71. The van der Waals surface area contributed by atoms with E-state index < -0.39 is 0 Å². The molecule has 1 aliphatic rings. The molecule has 0 amide bonds. The Kier molecular flexibility index (Phi) is 5.99. The van der Waals surface area contributed by atoms with Crippen LogP contribution < -0.4 is 0 Å². The van der Waals surface area contributed by atoms with Crippen molar-refractivity contribution in [3.8, 4) is 0 Å². The van der Waals surface area contributed by atoms with Gasteiger partial charge in [-0.1, -0.05) is 46.5 Å². The van der Waals surface area contributed by atoms with Crippen molar-refractivity contribution in [1.29, 1.82) is 0 Å². The average molecular weight is 240 g/mol. The summed E-state index contributed by atoms with van der Waals surface area (Å²) >= 11 is 0. The molecule has 0 radical (unpaired) electrons. The number of hydrogen-bond donors (Lipinski definition) is 1. The van der Waals surface area contributed by atoms with Gasteiger partial charge in [0, 0.05) is 0 Å². The zero-order valence-corrected chi connectivity index (χ0v) is 12.2. The number of unbranched alkanes of at least 4 members (excludes halogenated alkanes) is 2. The molecule has 0 saturated heterocycles. The smallest absolute Gasteiger partial charge is 0.0645 e. The fraction of sp³-hybridized carbons (Fsp3) is 1.00. The number of aliphatic hydroxyl groups is 1. The highest BCUT2D eigenvalue weighted by atomic mass is 16.3. The highest BCUT2D eigenvalue weighted by Crippen LogP contribution is 2.48. The van der Waals surface area contributed by atoms with E-state index in [1.54, 1.807) is 0 Å². The largest absolute Gasteiger partial charge is 0.390 e. The molecule has 1 fully saturated rings. The minimum Gasteiger partial charge on any atom is -0.390 e. The summed E-state index contributed by atoms with van der Waals surface area (Å²) in [6, 6.07) is 0. The lowest BCUT2D eigenvalue weighted by atomic mass is 9.64. The Balaban J connectivity index is 2.54. The molecule has 1 nitrogen and oxygen atoms in total. The van der Waals surface area contributed by atoms with E-state index in [-0.39, 0.29) is 5.60 Å². The van der Waals surface area contributed by atoms with E-state index in [1.165, 1.54) is 51.4 Å². The van der Waals surface area contributed by atoms with E-state index in [1.807, 2.05) is 0 Å². The molecule has 0 heterocycles. The first-order valence-corrected chi connectivity index (χ1v) is 7.82. The molecule has 1 saturated carbocycles. The lowest BCUT2D eigenvalue weighted by Crippen LogP contribution is -2.38. The SMILES string of the molecule is CCCCC1(CCCC)CCC(O)(CC)CC1. The molecule has 0 spiro atoms. The summed E-state index contributed by atoms with van der Waals surface area (Å²) < 4.78 is 0. The van der Waals surface area contributed by atoms with Crippen LogP contribution in [0.25, 0.3) is 0 Å². The van der Waals surface area contributed by atoms with Crippen molar-refractivity contribution in [2.75, 3.05) is 0 Å². The quantitative estimate of drug-likeness (QED) is 0.659. The summed E-state index contributed by atoms with van der Waals surface area (Å²) in [5.41, 5.74) is 0.245. The molecule has 1 N–H and O–H groups in total. The van der Waals surface area contributed by atoms with Gasteiger partial charge in [0.1, 0.15) is 0 Å². The Morgan fingerprint density at radius 2 is 1.29 bits per heavy atom.